The van der Waals surface area contributed by atoms with E-state index < -0.39 is 5.41 Å². The average molecular weight is 1540 g/mol. The number of para-hydroxylation sites is 4. The topological polar surface area (TPSA) is 43.5 Å². The van der Waals surface area contributed by atoms with Crippen molar-refractivity contribution in [3.63, 3.8) is 0 Å². The summed E-state index contributed by atoms with van der Waals surface area (Å²) in [6, 6.07) is 172. The lowest BCUT2D eigenvalue weighted by atomic mass is 9.65. The van der Waals surface area contributed by atoms with Gasteiger partial charge in [-0.1, -0.05) is 322 Å². The van der Waals surface area contributed by atoms with Crippen molar-refractivity contribution < 1.29 is 0 Å². The molecule has 0 unspecified atom stereocenters. The van der Waals surface area contributed by atoms with E-state index in [-0.39, 0.29) is 0 Å². The van der Waals surface area contributed by atoms with Crippen LogP contribution in [0.5, 0.6) is 0 Å². The zero-order valence-corrected chi connectivity index (χ0v) is 66.2. The Morgan fingerprint density at radius 1 is 0.157 bits per heavy atom. The molecular formula is C116H77N5. The molecule has 23 aromatic rings. The SMILES string of the molecule is N#Cc1ccc2c3cc(-c4ccc5c(c4)c4ccccc4n5-c4ccccc4)ccc3n(-c3ccc(-c4cccc(-c5ccccc5)c4)cc3)c2c1.c1ccc(-c2cccc(-c3ccc(-n4c5ccc(-c6ccc7c(c6)c6ccccc6n7-c6ccccc6)cc5c5cc(C(c6ccccc6)(c6ccccc6)c6ccccc6)ccc54)cc3)c2)cc1. The van der Waals surface area contributed by atoms with Gasteiger partial charge in [0.1, 0.15) is 0 Å². The molecule has 0 aliphatic rings. The normalized spacial score (nSPS) is 11.6. The van der Waals surface area contributed by atoms with Gasteiger partial charge in [-0.2, -0.15) is 5.26 Å². The number of hydrogen-bond donors (Lipinski definition) is 0. The minimum Gasteiger partial charge on any atom is -0.309 e. The van der Waals surface area contributed by atoms with Gasteiger partial charge < -0.3 is 18.3 Å². The lowest BCUT2D eigenvalue weighted by Crippen LogP contribution is -2.30. The van der Waals surface area contributed by atoms with Gasteiger partial charge in [-0.15, -0.1) is 0 Å². The van der Waals surface area contributed by atoms with Crippen molar-refractivity contribution in [3.05, 3.63) is 495 Å². The smallest absolute Gasteiger partial charge is 0.0992 e. The Bertz CT molecular complexity index is 7800. The van der Waals surface area contributed by atoms with Crippen LogP contribution in [0.15, 0.2) is 467 Å². The predicted molar refractivity (Wildman–Crippen MR) is 506 cm³/mol. The number of rotatable bonds is 14. The van der Waals surface area contributed by atoms with Crippen molar-refractivity contribution in [2.45, 2.75) is 5.41 Å². The minimum atomic E-state index is -0.585. The van der Waals surface area contributed by atoms with Gasteiger partial charge in [-0.3, -0.25) is 0 Å². The largest absolute Gasteiger partial charge is 0.309 e. The molecule has 566 valence electrons. The molecule has 4 aromatic heterocycles. The summed E-state index contributed by atoms with van der Waals surface area (Å²) >= 11 is 0. The molecule has 121 heavy (non-hydrogen) atoms. The Kier molecular flexibility index (Phi) is 17.8. The highest BCUT2D eigenvalue weighted by atomic mass is 15.0. The quantitative estimate of drug-likeness (QED) is 0.100. The van der Waals surface area contributed by atoms with Gasteiger partial charge in [0.25, 0.3) is 0 Å². The van der Waals surface area contributed by atoms with Gasteiger partial charge in [0, 0.05) is 65.8 Å². The first-order valence-corrected chi connectivity index (χ1v) is 41.4. The van der Waals surface area contributed by atoms with E-state index in [1.807, 2.05) is 18.2 Å². The minimum absolute atomic E-state index is 0.585. The number of nitriles is 1. The molecule has 19 aromatic carbocycles. The van der Waals surface area contributed by atoms with Crippen molar-refractivity contribution in [2.24, 2.45) is 0 Å². The molecule has 0 fully saturated rings. The monoisotopic (exact) mass is 1540 g/mol. The molecule has 0 bridgehead atoms. The van der Waals surface area contributed by atoms with E-state index in [1.54, 1.807) is 0 Å². The Hall–Kier alpha value is -16.1. The molecule has 0 saturated carbocycles. The molecule has 23 rings (SSSR count). The summed E-state index contributed by atoms with van der Waals surface area (Å²) in [7, 11) is 0. The fourth-order valence-electron chi connectivity index (χ4n) is 19.0. The maximum Gasteiger partial charge on any atom is 0.0992 e. The second-order valence-corrected chi connectivity index (χ2v) is 31.4. The highest BCUT2D eigenvalue weighted by molar-refractivity contribution is 6.15. The summed E-state index contributed by atoms with van der Waals surface area (Å²) < 4.78 is 9.48. The number of hydrogen-bond acceptors (Lipinski definition) is 1. The third kappa shape index (κ3) is 12.5. The molecule has 0 amide bonds. The van der Waals surface area contributed by atoms with Gasteiger partial charge in [0.15, 0.2) is 0 Å². The molecule has 0 radical (unpaired) electrons. The van der Waals surface area contributed by atoms with E-state index in [0.717, 1.165) is 66.7 Å². The van der Waals surface area contributed by atoms with E-state index in [9.17, 15) is 5.26 Å². The fraction of sp³-hybridized carbons (Fsp3) is 0.00862. The summed E-state index contributed by atoms with van der Waals surface area (Å²) in [5, 5.41) is 19.5. The van der Waals surface area contributed by atoms with Gasteiger partial charge in [-0.25, -0.2) is 0 Å². The first kappa shape index (κ1) is 71.4. The second kappa shape index (κ2) is 30.2. The summed E-state index contributed by atoms with van der Waals surface area (Å²) in [4.78, 5) is 0. The molecule has 0 atom stereocenters. The van der Waals surface area contributed by atoms with Gasteiger partial charge in [0.05, 0.1) is 61.2 Å². The van der Waals surface area contributed by atoms with Crippen molar-refractivity contribution in [2.75, 3.05) is 0 Å². The highest BCUT2D eigenvalue weighted by Crippen LogP contribution is 2.49. The molecule has 0 saturated heterocycles. The maximum absolute atomic E-state index is 9.87. The molecule has 0 aliphatic carbocycles. The zero-order valence-electron chi connectivity index (χ0n) is 66.2. The Morgan fingerprint density at radius 3 is 0.785 bits per heavy atom. The van der Waals surface area contributed by atoms with Crippen LogP contribution in [-0.2, 0) is 5.41 Å². The van der Waals surface area contributed by atoms with E-state index >= 15 is 0 Å². The predicted octanol–water partition coefficient (Wildman–Crippen LogP) is 30.0. The van der Waals surface area contributed by atoms with E-state index in [1.165, 1.54) is 132 Å². The van der Waals surface area contributed by atoms with Crippen molar-refractivity contribution in [1.82, 2.24) is 18.3 Å². The standard InChI is InChI=1S/C67H46N2.C49H31N3/c1-6-19-47(20-7-1)49-21-18-22-50(43-49)48-33-38-58(39-34-48)69-65-41-36-52(51-35-40-64-60(44-51)59-31-16-17-32-63(59)68(64)57-29-14-5-15-30-57)45-61(65)62-46-56(37-42-66(62)69)67(53-23-8-2-9-24-53,54-25-10-3-11-26-54)55-27-12-4-13-28-55;50-32-33-18-25-43-45-31-39(38-21-26-47-44(30-38)42-16-7-8-17-46(42)51(47)40-14-5-2-6-15-40)22-27-48(45)52(49(43)28-33)41-23-19-35(20-24-41)37-13-9-12-36(29-37)34-10-3-1-4-11-34/h1-46H;1-31H. The highest BCUT2D eigenvalue weighted by Gasteiger charge is 2.39. The molecular weight excluding hydrogens is 1460 g/mol. The first-order valence-electron chi connectivity index (χ1n) is 41.4. The number of nitrogens with zero attached hydrogens (tertiary/aromatic N) is 5. The molecule has 0 aliphatic heterocycles. The number of aromatic nitrogens is 4. The van der Waals surface area contributed by atoms with Crippen LogP contribution in [0.3, 0.4) is 0 Å². The van der Waals surface area contributed by atoms with Crippen molar-refractivity contribution >= 4 is 87.2 Å². The van der Waals surface area contributed by atoms with E-state index in [0.29, 0.717) is 5.56 Å². The van der Waals surface area contributed by atoms with E-state index in [2.05, 4.69) is 473 Å². The molecule has 4 heterocycles. The first-order chi connectivity index (χ1) is 59.9. The van der Waals surface area contributed by atoms with Crippen LogP contribution in [0.1, 0.15) is 27.8 Å². The number of fused-ring (bicyclic) bond motifs is 12. The zero-order chi connectivity index (χ0) is 80.3. The van der Waals surface area contributed by atoms with Gasteiger partial charge in [0.2, 0.25) is 0 Å². The van der Waals surface area contributed by atoms with Crippen molar-refractivity contribution in [3.8, 4) is 95.6 Å². The van der Waals surface area contributed by atoms with Crippen LogP contribution in [0.4, 0.5) is 0 Å². The summed E-state index contributed by atoms with van der Waals surface area (Å²) in [6.07, 6.45) is 0. The van der Waals surface area contributed by atoms with Gasteiger partial charge in [-0.05, 0) is 235 Å². The summed E-state index contributed by atoms with van der Waals surface area (Å²) in [5.74, 6) is 0. The van der Waals surface area contributed by atoms with Crippen LogP contribution >= 0.6 is 0 Å². The third-order valence-electron chi connectivity index (χ3n) is 24.6. The van der Waals surface area contributed by atoms with Gasteiger partial charge >= 0.3 is 0 Å². The number of benzene rings is 19. The molecule has 5 nitrogen and oxygen atoms in total. The maximum atomic E-state index is 9.87. The lowest BCUT2D eigenvalue weighted by molar-refractivity contribution is 0.746. The van der Waals surface area contributed by atoms with E-state index in [4.69, 9.17) is 0 Å². The molecule has 5 heteroatoms. The Morgan fingerprint density at radius 2 is 0.413 bits per heavy atom. The Balaban J connectivity index is 0.000000151. The van der Waals surface area contributed by atoms with Crippen LogP contribution < -0.4 is 0 Å². The van der Waals surface area contributed by atoms with Crippen LogP contribution in [0.2, 0.25) is 0 Å². The fourth-order valence-corrected chi connectivity index (χ4v) is 19.0. The summed E-state index contributed by atoms with van der Waals surface area (Å²) in [6.45, 7) is 0. The average Bonchev–Trinajstić information content (AvgIpc) is 1.58. The van der Waals surface area contributed by atoms with Crippen molar-refractivity contribution in [1.29, 1.82) is 5.26 Å². The van der Waals surface area contributed by atoms with Crippen LogP contribution in [0, 0.1) is 11.3 Å². The third-order valence-corrected chi connectivity index (χ3v) is 24.6. The Labute approximate surface area is 701 Å². The van der Waals surface area contributed by atoms with Crippen LogP contribution in [-0.4, -0.2) is 18.3 Å². The summed E-state index contributed by atoms with van der Waals surface area (Å²) in [5.41, 5.74) is 32.9. The molecule has 0 spiro atoms. The van der Waals surface area contributed by atoms with Crippen LogP contribution in [0.25, 0.3) is 177 Å². The second-order valence-electron chi connectivity index (χ2n) is 31.4. The molecule has 0 N–H and O–H groups in total. The lowest BCUT2D eigenvalue weighted by Gasteiger charge is -2.37.